The third-order valence-corrected chi connectivity index (χ3v) is 3.49. The summed E-state index contributed by atoms with van der Waals surface area (Å²) in [6.45, 7) is 0.196. The van der Waals surface area contributed by atoms with E-state index in [1.54, 1.807) is 6.07 Å². The monoisotopic (exact) mass is 341 g/mol. The Bertz CT molecular complexity index is 708. The SMILES string of the molecule is FC(F)(F)c1cccc(Cn2cnc(NC(=S)NC3CC3)n2)c1. The molecule has 0 amide bonds. The van der Waals surface area contributed by atoms with Crippen molar-refractivity contribution in [1.29, 1.82) is 0 Å². The molecule has 1 aliphatic carbocycles. The van der Waals surface area contributed by atoms with Gasteiger partial charge in [-0.25, -0.2) is 9.67 Å². The van der Waals surface area contributed by atoms with E-state index in [-0.39, 0.29) is 6.54 Å². The fourth-order valence-corrected chi connectivity index (χ4v) is 2.27. The highest BCUT2D eigenvalue weighted by atomic mass is 32.1. The molecular weight excluding hydrogens is 327 g/mol. The molecule has 0 bridgehead atoms. The van der Waals surface area contributed by atoms with Crippen LogP contribution in [-0.2, 0) is 12.7 Å². The van der Waals surface area contributed by atoms with E-state index in [0.717, 1.165) is 25.0 Å². The topological polar surface area (TPSA) is 54.8 Å². The number of nitrogens with zero attached hydrogens (tertiary/aromatic N) is 3. The molecular formula is C14H14F3N5S. The highest BCUT2D eigenvalue weighted by Crippen LogP contribution is 2.29. The number of benzene rings is 1. The molecule has 1 heterocycles. The highest BCUT2D eigenvalue weighted by Gasteiger charge is 2.30. The maximum absolute atomic E-state index is 12.7. The number of halogens is 3. The lowest BCUT2D eigenvalue weighted by atomic mass is 10.1. The van der Waals surface area contributed by atoms with E-state index in [4.69, 9.17) is 12.2 Å². The van der Waals surface area contributed by atoms with Gasteiger partial charge in [0.05, 0.1) is 12.1 Å². The lowest BCUT2D eigenvalue weighted by Gasteiger charge is -2.08. The molecule has 0 atom stereocenters. The predicted octanol–water partition coefficient (Wildman–Crippen LogP) is 2.79. The number of nitrogens with one attached hydrogen (secondary N) is 2. The Morgan fingerprint density at radius 1 is 1.35 bits per heavy atom. The van der Waals surface area contributed by atoms with Crippen molar-refractivity contribution in [3.8, 4) is 0 Å². The second-order valence-electron chi connectivity index (χ2n) is 5.34. The van der Waals surface area contributed by atoms with Gasteiger partial charge in [-0.05, 0) is 42.8 Å². The minimum absolute atomic E-state index is 0.196. The molecule has 2 N–H and O–H groups in total. The number of rotatable bonds is 4. The Labute approximate surface area is 135 Å². The van der Waals surface area contributed by atoms with E-state index in [9.17, 15) is 13.2 Å². The van der Waals surface area contributed by atoms with Gasteiger partial charge in [-0.1, -0.05) is 12.1 Å². The molecule has 0 radical (unpaired) electrons. The minimum Gasteiger partial charge on any atom is -0.360 e. The van der Waals surface area contributed by atoms with Crippen LogP contribution in [0.25, 0.3) is 0 Å². The predicted molar refractivity (Wildman–Crippen MR) is 82.9 cm³/mol. The number of alkyl halides is 3. The van der Waals surface area contributed by atoms with Gasteiger partial charge in [0.2, 0.25) is 5.95 Å². The van der Waals surface area contributed by atoms with Crippen LogP contribution >= 0.6 is 12.2 Å². The first-order chi connectivity index (χ1) is 10.9. The first-order valence-electron chi connectivity index (χ1n) is 7.03. The Balaban J connectivity index is 1.63. The van der Waals surface area contributed by atoms with Gasteiger partial charge >= 0.3 is 6.18 Å². The number of hydrogen-bond acceptors (Lipinski definition) is 3. The molecule has 1 aromatic heterocycles. The second kappa shape index (κ2) is 6.15. The molecule has 1 aromatic carbocycles. The molecule has 1 aliphatic rings. The molecule has 3 rings (SSSR count). The van der Waals surface area contributed by atoms with E-state index >= 15 is 0 Å². The molecule has 0 aliphatic heterocycles. The van der Waals surface area contributed by atoms with Crippen LogP contribution in [0.15, 0.2) is 30.6 Å². The van der Waals surface area contributed by atoms with Crippen LogP contribution in [0, 0.1) is 0 Å². The smallest absolute Gasteiger partial charge is 0.360 e. The first-order valence-corrected chi connectivity index (χ1v) is 7.44. The van der Waals surface area contributed by atoms with Gasteiger partial charge in [-0.2, -0.15) is 13.2 Å². The van der Waals surface area contributed by atoms with Crippen LogP contribution in [0.3, 0.4) is 0 Å². The molecule has 0 spiro atoms. The minimum atomic E-state index is -4.36. The van der Waals surface area contributed by atoms with E-state index in [1.165, 1.54) is 17.1 Å². The van der Waals surface area contributed by atoms with Crippen LogP contribution < -0.4 is 10.6 Å². The maximum Gasteiger partial charge on any atom is 0.416 e. The van der Waals surface area contributed by atoms with E-state index in [0.29, 0.717) is 22.7 Å². The van der Waals surface area contributed by atoms with Crippen LogP contribution in [0.1, 0.15) is 24.0 Å². The summed E-state index contributed by atoms with van der Waals surface area (Å²) in [5.74, 6) is 0.315. The van der Waals surface area contributed by atoms with Crippen molar-refractivity contribution in [3.63, 3.8) is 0 Å². The Hall–Kier alpha value is -2.16. The molecule has 2 aromatic rings. The lowest BCUT2D eigenvalue weighted by molar-refractivity contribution is -0.137. The van der Waals surface area contributed by atoms with Gasteiger partial charge in [0, 0.05) is 6.04 Å². The van der Waals surface area contributed by atoms with Gasteiger partial charge in [0.1, 0.15) is 6.33 Å². The zero-order chi connectivity index (χ0) is 16.4. The van der Waals surface area contributed by atoms with Crippen molar-refractivity contribution in [2.24, 2.45) is 0 Å². The highest BCUT2D eigenvalue weighted by molar-refractivity contribution is 7.80. The molecule has 1 saturated carbocycles. The van der Waals surface area contributed by atoms with Crippen LogP contribution in [0.4, 0.5) is 19.1 Å². The molecule has 9 heteroatoms. The van der Waals surface area contributed by atoms with Crippen LogP contribution in [0.2, 0.25) is 0 Å². The van der Waals surface area contributed by atoms with Crippen molar-refractivity contribution >= 4 is 23.3 Å². The number of hydrogen-bond donors (Lipinski definition) is 2. The zero-order valence-corrected chi connectivity index (χ0v) is 12.8. The zero-order valence-electron chi connectivity index (χ0n) is 12.0. The van der Waals surface area contributed by atoms with E-state index in [1.807, 2.05) is 0 Å². The van der Waals surface area contributed by atoms with E-state index < -0.39 is 11.7 Å². The van der Waals surface area contributed by atoms with Gasteiger partial charge < -0.3 is 5.32 Å². The van der Waals surface area contributed by atoms with Gasteiger partial charge in [-0.3, -0.25) is 5.32 Å². The number of aromatic nitrogens is 3. The standard InChI is InChI=1S/C14H14F3N5S/c15-14(16,17)10-3-1-2-9(6-10)7-22-8-18-12(21-22)20-13(23)19-11-4-5-11/h1-3,6,8,11H,4-5,7H2,(H2,19,20,21,23). The molecule has 122 valence electrons. The molecule has 0 unspecified atom stereocenters. The second-order valence-corrected chi connectivity index (χ2v) is 5.74. The van der Waals surface area contributed by atoms with Crippen LogP contribution in [-0.4, -0.2) is 25.9 Å². The Kier molecular flexibility index (Phi) is 4.20. The fourth-order valence-electron chi connectivity index (χ4n) is 2.01. The third kappa shape index (κ3) is 4.41. The van der Waals surface area contributed by atoms with Gasteiger partial charge in [-0.15, -0.1) is 5.10 Å². The van der Waals surface area contributed by atoms with Crippen LogP contribution in [0.5, 0.6) is 0 Å². The molecule has 0 saturated heterocycles. The van der Waals surface area contributed by atoms with Crippen molar-refractivity contribution < 1.29 is 13.2 Å². The summed E-state index contributed by atoms with van der Waals surface area (Å²) in [7, 11) is 0. The third-order valence-electron chi connectivity index (χ3n) is 3.27. The van der Waals surface area contributed by atoms with Gasteiger partial charge in [0.25, 0.3) is 0 Å². The molecule has 5 nitrogen and oxygen atoms in total. The quantitative estimate of drug-likeness (QED) is 0.838. The van der Waals surface area contributed by atoms with E-state index in [2.05, 4.69) is 20.7 Å². The van der Waals surface area contributed by atoms with Crippen molar-refractivity contribution in [2.75, 3.05) is 5.32 Å². The average Bonchev–Trinajstić information content (AvgIpc) is 3.17. The van der Waals surface area contributed by atoms with Crippen molar-refractivity contribution in [2.45, 2.75) is 31.6 Å². The first kappa shape index (κ1) is 15.7. The summed E-state index contributed by atoms with van der Waals surface area (Å²) >= 11 is 5.11. The normalized spacial score (nSPS) is 14.6. The molecule has 23 heavy (non-hydrogen) atoms. The summed E-state index contributed by atoms with van der Waals surface area (Å²) in [6, 6.07) is 5.56. The Morgan fingerprint density at radius 3 is 2.83 bits per heavy atom. The Morgan fingerprint density at radius 2 is 2.13 bits per heavy atom. The lowest BCUT2D eigenvalue weighted by Crippen LogP contribution is -2.30. The van der Waals surface area contributed by atoms with Crippen molar-refractivity contribution in [1.82, 2.24) is 20.1 Å². The maximum atomic E-state index is 12.7. The number of anilines is 1. The fraction of sp³-hybridized carbons (Fsp3) is 0.357. The number of thiocarbonyl (C=S) groups is 1. The largest absolute Gasteiger partial charge is 0.416 e. The summed E-state index contributed by atoms with van der Waals surface area (Å²) < 4.78 is 39.5. The summed E-state index contributed by atoms with van der Waals surface area (Å²) in [6.07, 6.45) is -0.716. The summed E-state index contributed by atoms with van der Waals surface area (Å²) in [5, 5.41) is 10.5. The molecule has 1 fully saturated rings. The summed E-state index contributed by atoms with van der Waals surface area (Å²) in [4.78, 5) is 4.04. The average molecular weight is 341 g/mol. The van der Waals surface area contributed by atoms with Crippen molar-refractivity contribution in [3.05, 3.63) is 41.7 Å². The summed E-state index contributed by atoms with van der Waals surface area (Å²) in [5.41, 5.74) is -0.182. The van der Waals surface area contributed by atoms with Gasteiger partial charge in [0.15, 0.2) is 5.11 Å².